The smallest absolute Gasteiger partial charge is 0.256 e. The van der Waals surface area contributed by atoms with Gasteiger partial charge >= 0.3 is 0 Å². The highest BCUT2D eigenvalue weighted by molar-refractivity contribution is 6.01. The number of nitrogens with one attached hydrogen (secondary N) is 2. The van der Waals surface area contributed by atoms with Crippen molar-refractivity contribution in [3.63, 3.8) is 0 Å². The average Bonchev–Trinajstić information content (AvgIpc) is 3.09. The molecule has 2 aromatic carbocycles. The van der Waals surface area contributed by atoms with Crippen LogP contribution in [0.4, 0.5) is 0 Å². The molecule has 0 spiro atoms. The summed E-state index contributed by atoms with van der Waals surface area (Å²) in [5, 5.41) is 6.14. The van der Waals surface area contributed by atoms with Gasteiger partial charge in [0, 0.05) is 24.2 Å². The summed E-state index contributed by atoms with van der Waals surface area (Å²) in [5.41, 5.74) is 7.47. The quantitative estimate of drug-likeness (QED) is 0.803. The van der Waals surface area contributed by atoms with Crippen molar-refractivity contribution in [3.05, 3.63) is 82.6 Å². The number of rotatable bonds is 4. The number of aryl methyl sites for hydroxylation is 1. The summed E-state index contributed by atoms with van der Waals surface area (Å²) >= 11 is 0. The third-order valence-corrected chi connectivity index (χ3v) is 5.67. The first-order valence-electron chi connectivity index (χ1n) is 10.2. The molecule has 0 heterocycles. The van der Waals surface area contributed by atoms with Crippen LogP contribution in [0.25, 0.3) is 11.1 Å². The van der Waals surface area contributed by atoms with Gasteiger partial charge in [-0.25, -0.2) is 0 Å². The highest BCUT2D eigenvalue weighted by Crippen LogP contribution is 2.35. The van der Waals surface area contributed by atoms with Gasteiger partial charge in [-0.05, 0) is 61.4 Å². The van der Waals surface area contributed by atoms with Gasteiger partial charge in [-0.2, -0.15) is 0 Å². The maximum Gasteiger partial charge on any atom is 0.256 e. The molecule has 29 heavy (non-hydrogen) atoms. The lowest BCUT2D eigenvalue weighted by atomic mass is 9.96. The normalized spacial score (nSPS) is 18.1. The van der Waals surface area contributed by atoms with E-state index in [-0.39, 0.29) is 17.9 Å². The summed E-state index contributed by atoms with van der Waals surface area (Å²) in [7, 11) is 0. The molecule has 4 rings (SSSR count). The van der Waals surface area contributed by atoms with E-state index in [0.29, 0.717) is 5.56 Å². The van der Waals surface area contributed by atoms with Gasteiger partial charge in [0.2, 0.25) is 5.91 Å². The van der Waals surface area contributed by atoms with Crippen molar-refractivity contribution >= 4 is 11.8 Å². The molecule has 4 heteroatoms. The minimum Gasteiger partial charge on any atom is -0.353 e. The molecule has 2 aromatic rings. The molecule has 4 nitrogen and oxygen atoms in total. The van der Waals surface area contributed by atoms with Gasteiger partial charge in [-0.15, -0.1) is 0 Å². The Morgan fingerprint density at radius 1 is 0.966 bits per heavy atom. The van der Waals surface area contributed by atoms with Crippen LogP contribution in [0.5, 0.6) is 0 Å². The molecule has 0 aromatic heterocycles. The molecule has 0 bridgehead atoms. The Balaban J connectivity index is 1.51. The molecule has 1 atom stereocenters. The van der Waals surface area contributed by atoms with E-state index in [1.165, 1.54) is 16.7 Å². The molecule has 1 unspecified atom stereocenters. The highest BCUT2D eigenvalue weighted by atomic mass is 16.2. The van der Waals surface area contributed by atoms with Crippen LogP contribution in [0, 0.1) is 6.92 Å². The Morgan fingerprint density at radius 3 is 2.48 bits per heavy atom. The molecule has 2 amide bonds. The van der Waals surface area contributed by atoms with Gasteiger partial charge < -0.3 is 10.6 Å². The zero-order valence-corrected chi connectivity index (χ0v) is 16.9. The Kier molecular flexibility index (Phi) is 5.34. The maximum atomic E-state index is 13.1. The Morgan fingerprint density at radius 2 is 1.72 bits per heavy atom. The fourth-order valence-electron chi connectivity index (χ4n) is 4.27. The second kappa shape index (κ2) is 8.08. The third kappa shape index (κ3) is 4.32. The number of hydrogen-bond acceptors (Lipinski definition) is 2. The van der Waals surface area contributed by atoms with Gasteiger partial charge in [0.05, 0.1) is 0 Å². The van der Waals surface area contributed by atoms with E-state index in [9.17, 15) is 9.59 Å². The monoisotopic (exact) mass is 386 g/mol. The van der Waals surface area contributed by atoms with E-state index in [0.717, 1.165) is 42.5 Å². The van der Waals surface area contributed by atoms with Crippen molar-refractivity contribution in [1.82, 2.24) is 10.6 Å². The van der Waals surface area contributed by atoms with Crippen LogP contribution < -0.4 is 10.6 Å². The van der Waals surface area contributed by atoms with Crippen molar-refractivity contribution in [2.45, 2.75) is 45.6 Å². The van der Waals surface area contributed by atoms with E-state index in [4.69, 9.17) is 0 Å². The van der Waals surface area contributed by atoms with E-state index in [1.54, 1.807) is 6.92 Å². The molecule has 0 aliphatic heterocycles. The second-order valence-electron chi connectivity index (χ2n) is 7.97. The number of benzene rings is 2. The Labute approximate surface area is 171 Å². The van der Waals surface area contributed by atoms with Gasteiger partial charge in [0.25, 0.3) is 5.91 Å². The van der Waals surface area contributed by atoms with Crippen molar-refractivity contribution in [1.29, 1.82) is 0 Å². The van der Waals surface area contributed by atoms with E-state index in [2.05, 4.69) is 47.9 Å². The molecule has 0 fully saturated rings. The summed E-state index contributed by atoms with van der Waals surface area (Å²) in [6.07, 6.45) is 5.63. The van der Waals surface area contributed by atoms with Crippen LogP contribution in [0.3, 0.4) is 0 Å². The summed E-state index contributed by atoms with van der Waals surface area (Å²) in [6, 6.07) is 16.1. The summed E-state index contributed by atoms with van der Waals surface area (Å²) in [5.74, 6) is -0.0621. The molecule has 0 saturated carbocycles. The van der Waals surface area contributed by atoms with Gasteiger partial charge in [-0.3, -0.25) is 9.59 Å². The van der Waals surface area contributed by atoms with Crippen LogP contribution in [-0.4, -0.2) is 17.9 Å². The van der Waals surface area contributed by atoms with E-state index in [1.807, 2.05) is 24.3 Å². The predicted octanol–water partition coefficient (Wildman–Crippen LogP) is 4.66. The number of carbonyl (C=O) groups is 2. The van der Waals surface area contributed by atoms with Gasteiger partial charge in [0.15, 0.2) is 0 Å². The fraction of sp³-hybridized carbons (Fsp3) is 0.280. The van der Waals surface area contributed by atoms with Crippen molar-refractivity contribution in [3.8, 4) is 11.1 Å². The van der Waals surface area contributed by atoms with Gasteiger partial charge in [0.1, 0.15) is 0 Å². The molecule has 2 aliphatic rings. The molecule has 0 saturated heterocycles. The van der Waals surface area contributed by atoms with E-state index >= 15 is 0 Å². The zero-order chi connectivity index (χ0) is 20.4. The molecular weight excluding hydrogens is 360 g/mol. The lowest BCUT2D eigenvalue weighted by Crippen LogP contribution is -2.31. The van der Waals surface area contributed by atoms with Crippen LogP contribution >= 0.6 is 0 Å². The topological polar surface area (TPSA) is 58.2 Å². The van der Waals surface area contributed by atoms with Crippen LogP contribution in [-0.2, 0) is 4.79 Å². The lowest BCUT2D eigenvalue weighted by molar-refractivity contribution is -0.119. The molecule has 0 radical (unpaired) electrons. The van der Waals surface area contributed by atoms with Crippen molar-refractivity contribution < 1.29 is 9.59 Å². The van der Waals surface area contributed by atoms with Crippen LogP contribution in [0.2, 0.25) is 0 Å². The molecule has 2 N–H and O–H groups in total. The predicted molar refractivity (Wildman–Crippen MR) is 115 cm³/mol. The van der Waals surface area contributed by atoms with Crippen molar-refractivity contribution in [2.75, 3.05) is 0 Å². The standard InChI is InChI=1S/C25H26N2O2/c1-16-7-9-18(10-8-16)23-5-3-4-6-24(23)25(29)27-21-12-11-19-13-22(26-17(2)28)15-20(19)14-21/h3-10,14,22H,11-13,15H2,1-2H3,(H,26,28)(H,27,29). The number of hydrogen-bond donors (Lipinski definition) is 2. The first kappa shape index (κ1) is 19.2. The number of carbonyl (C=O) groups excluding carboxylic acids is 2. The lowest BCUT2D eigenvalue weighted by Gasteiger charge is -2.17. The maximum absolute atomic E-state index is 13.1. The average molecular weight is 386 g/mol. The summed E-state index contributed by atoms with van der Waals surface area (Å²) < 4.78 is 0. The number of allylic oxidation sites excluding steroid dienone is 2. The largest absolute Gasteiger partial charge is 0.353 e. The minimum absolute atomic E-state index is 0.0139. The Bertz CT molecular complexity index is 1020. The fourth-order valence-corrected chi connectivity index (χ4v) is 4.27. The first-order chi connectivity index (χ1) is 14.0. The summed E-state index contributed by atoms with van der Waals surface area (Å²) in [4.78, 5) is 24.4. The highest BCUT2D eigenvalue weighted by Gasteiger charge is 2.26. The minimum atomic E-state index is -0.0760. The molecular formula is C25H26N2O2. The van der Waals surface area contributed by atoms with Gasteiger partial charge in [-0.1, -0.05) is 53.6 Å². The summed E-state index contributed by atoms with van der Waals surface area (Å²) in [6.45, 7) is 3.62. The first-order valence-corrected chi connectivity index (χ1v) is 10.2. The third-order valence-electron chi connectivity index (χ3n) is 5.67. The SMILES string of the molecule is CC(=O)NC1CC2=C(CCC(NC(=O)c3ccccc3-c3ccc(C)cc3)=C2)C1. The molecule has 148 valence electrons. The zero-order valence-electron chi connectivity index (χ0n) is 16.9. The van der Waals surface area contributed by atoms with E-state index < -0.39 is 0 Å². The Hall–Kier alpha value is -3.14. The molecule has 2 aliphatic carbocycles. The van der Waals surface area contributed by atoms with Crippen molar-refractivity contribution in [2.24, 2.45) is 0 Å². The van der Waals surface area contributed by atoms with Crippen LogP contribution in [0.15, 0.2) is 71.5 Å². The van der Waals surface area contributed by atoms with Crippen LogP contribution in [0.1, 0.15) is 48.5 Å². The second-order valence-corrected chi connectivity index (χ2v) is 7.97. The number of amides is 2.